The third kappa shape index (κ3) is 4.43. The van der Waals surface area contributed by atoms with Gasteiger partial charge in [0, 0.05) is 12.5 Å². The van der Waals surface area contributed by atoms with Gasteiger partial charge in [-0.3, -0.25) is 4.79 Å². The summed E-state index contributed by atoms with van der Waals surface area (Å²) in [6.07, 6.45) is 3.97. The Bertz CT molecular complexity index is 723. The van der Waals surface area contributed by atoms with Crippen LogP contribution >= 0.6 is 0 Å². The van der Waals surface area contributed by atoms with E-state index < -0.39 is 12.0 Å². The second-order valence-corrected chi connectivity index (χ2v) is 6.20. The summed E-state index contributed by atoms with van der Waals surface area (Å²) in [7, 11) is 0. The van der Waals surface area contributed by atoms with E-state index >= 15 is 0 Å². The van der Waals surface area contributed by atoms with Crippen LogP contribution in [0.4, 0.5) is 0 Å². The van der Waals surface area contributed by atoms with Crippen molar-refractivity contribution in [1.29, 1.82) is 0 Å². The Labute approximate surface area is 145 Å². The third-order valence-corrected chi connectivity index (χ3v) is 4.31. The smallest absolute Gasteiger partial charge is 0.329 e. The molecule has 1 N–H and O–H groups in total. The zero-order chi connectivity index (χ0) is 17.6. The quantitative estimate of drug-likeness (QED) is 0.810. The van der Waals surface area contributed by atoms with Crippen LogP contribution in [-0.2, 0) is 20.9 Å². The number of hydrogen-bond acceptors (Lipinski definition) is 6. The number of nitrogens with one attached hydrogen (secondary N) is 1. The molecule has 7 nitrogen and oxygen atoms in total. The van der Waals surface area contributed by atoms with Gasteiger partial charge in [0.2, 0.25) is 11.8 Å². The second-order valence-electron chi connectivity index (χ2n) is 6.20. The van der Waals surface area contributed by atoms with Gasteiger partial charge in [-0.25, -0.2) is 4.79 Å². The lowest BCUT2D eigenvalue weighted by Crippen LogP contribution is -2.45. The van der Waals surface area contributed by atoms with Gasteiger partial charge in [0.1, 0.15) is 6.04 Å². The van der Waals surface area contributed by atoms with Crippen LogP contribution in [0.2, 0.25) is 0 Å². The molecule has 1 saturated carbocycles. The molecule has 1 aromatic carbocycles. The molecule has 1 amide bonds. The molecule has 1 aliphatic carbocycles. The average Bonchev–Trinajstić information content (AvgIpc) is 3.30. The van der Waals surface area contributed by atoms with Crippen molar-refractivity contribution in [2.75, 3.05) is 0 Å². The molecule has 1 fully saturated rings. The van der Waals surface area contributed by atoms with Gasteiger partial charge in [-0.05, 0) is 30.9 Å². The predicted molar refractivity (Wildman–Crippen MR) is 89.1 cm³/mol. The maximum Gasteiger partial charge on any atom is 0.329 e. The molecular formula is C18H21N3O4. The molecule has 1 heterocycles. The van der Waals surface area contributed by atoms with Crippen LogP contribution in [-0.4, -0.2) is 28.1 Å². The van der Waals surface area contributed by atoms with Crippen molar-refractivity contribution in [2.45, 2.75) is 45.3 Å². The first-order valence-electron chi connectivity index (χ1n) is 8.45. The van der Waals surface area contributed by atoms with E-state index in [2.05, 4.69) is 15.5 Å². The van der Waals surface area contributed by atoms with Crippen LogP contribution in [0.1, 0.15) is 38.5 Å². The van der Waals surface area contributed by atoms with Crippen molar-refractivity contribution >= 4 is 11.9 Å². The lowest BCUT2D eigenvalue weighted by atomic mass is 9.98. The van der Waals surface area contributed by atoms with Crippen molar-refractivity contribution in [1.82, 2.24) is 15.5 Å². The number of rotatable bonds is 6. The highest BCUT2D eigenvalue weighted by atomic mass is 16.5. The van der Waals surface area contributed by atoms with Gasteiger partial charge in [0.25, 0.3) is 5.89 Å². The second kappa shape index (κ2) is 7.92. The summed E-state index contributed by atoms with van der Waals surface area (Å²) in [4.78, 5) is 23.8. The summed E-state index contributed by atoms with van der Waals surface area (Å²) in [5.41, 5.74) is 0.801. The normalized spacial score (nSPS) is 15.7. The Hall–Kier alpha value is -2.70. The Morgan fingerprint density at radius 1 is 1.24 bits per heavy atom. The lowest BCUT2D eigenvalue weighted by Gasteiger charge is -2.21. The summed E-state index contributed by atoms with van der Waals surface area (Å²) in [5.74, 6) is 0.0274. The number of nitrogens with zero attached hydrogens (tertiary/aromatic N) is 2. The van der Waals surface area contributed by atoms with Crippen molar-refractivity contribution in [2.24, 2.45) is 5.92 Å². The summed E-state index contributed by atoms with van der Waals surface area (Å²) in [6.45, 7) is 1.29. The van der Waals surface area contributed by atoms with E-state index in [-0.39, 0.29) is 24.3 Å². The first-order chi connectivity index (χ1) is 12.1. The maximum atomic E-state index is 12.4. The molecule has 0 aliphatic heterocycles. The molecule has 1 aromatic heterocycles. The topological polar surface area (TPSA) is 94.3 Å². The average molecular weight is 343 g/mol. The molecule has 25 heavy (non-hydrogen) atoms. The molecule has 0 spiro atoms. The zero-order valence-corrected chi connectivity index (χ0v) is 14.1. The molecular weight excluding hydrogens is 322 g/mol. The third-order valence-electron chi connectivity index (χ3n) is 4.31. The fourth-order valence-corrected chi connectivity index (χ4v) is 3.11. The summed E-state index contributed by atoms with van der Waals surface area (Å²) in [6, 6.07) is 8.74. The van der Waals surface area contributed by atoms with Crippen LogP contribution in [0.15, 0.2) is 34.7 Å². The van der Waals surface area contributed by atoms with E-state index in [0.29, 0.717) is 5.89 Å². The number of ether oxygens (including phenoxy) is 1. The summed E-state index contributed by atoms with van der Waals surface area (Å²) in [5, 5.41) is 10.6. The molecule has 7 heteroatoms. The minimum atomic E-state index is -0.614. The highest BCUT2D eigenvalue weighted by molar-refractivity contribution is 5.83. The molecule has 0 radical (unpaired) electrons. The van der Waals surface area contributed by atoms with Crippen LogP contribution in [0.5, 0.6) is 0 Å². The van der Waals surface area contributed by atoms with Gasteiger partial charge in [-0.15, -0.1) is 10.2 Å². The molecule has 0 unspecified atom stereocenters. The molecule has 1 aliphatic rings. The standard InChI is InChI=1S/C18H21N3O4/c1-12(22)19-16(13-7-5-6-8-13)18(23)24-11-15-20-21-17(25-15)14-9-3-2-4-10-14/h2-4,9-10,13,16H,5-8,11H2,1H3,(H,19,22)/t16-/m1/s1. The van der Waals surface area contributed by atoms with Crippen molar-refractivity contribution in [3.8, 4) is 11.5 Å². The first kappa shape index (κ1) is 17.1. The minimum absolute atomic E-state index is 0.110. The molecule has 3 rings (SSSR count). The minimum Gasteiger partial charge on any atom is -0.454 e. The highest BCUT2D eigenvalue weighted by Crippen LogP contribution is 2.28. The predicted octanol–water partition coefficient (Wildman–Crippen LogP) is 2.47. The van der Waals surface area contributed by atoms with E-state index in [1.807, 2.05) is 30.3 Å². The Kier molecular flexibility index (Phi) is 5.42. The van der Waals surface area contributed by atoms with Crippen molar-refractivity contribution in [3.05, 3.63) is 36.2 Å². The molecule has 1 atom stereocenters. The van der Waals surface area contributed by atoms with Gasteiger partial charge in [0.05, 0.1) is 0 Å². The fraction of sp³-hybridized carbons (Fsp3) is 0.444. The number of amides is 1. The van der Waals surface area contributed by atoms with E-state index in [1.165, 1.54) is 6.92 Å². The van der Waals surface area contributed by atoms with Crippen LogP contribution in [0, 0.1) is 5.92 Å². The maximum absolute atomic E-state index is 12.4. The van der Waals surface area contributed by atoms with Gasteiger partial charge in [0.15, 0.2) is 6.61 Å². The van der Waals surface area contributed by atoms with Gasteiger partial charge < -0.3 is 14.5 Å². The first-order valence-corrected chi connectivity index (χ1v) is 8.45. The molecule has 0 saturated heterocycles. The summed E-state index contributed by atoms with van der Waals surface area (Å²) >= 11 is 0. The van der Waals surface area contributed by atoms with E-state index in [0.717, 1.165) is 31.2 Å². The lowest BCUT2D eigenvalue weighted by molar-refractivity contribution is -0.151. The Morgan fingerprint density at radius 2 is 1.96 bits per heavy atom. The molecule has 132 valence electrons. The molecule has 0 bridgehead atoms. The van der Waals surface area contributed by atoms with Crippen LogP contribution in [0.3, 0.4) is 0 Å². The largest absolute Gasteiger partial charge is 0.454 e. The van der Waals surface area contributed by atoms with Gasteiger partial charge in [-0.1, -0.05) is 31.0 Å². The van der Waals surface area contributed by atoms with E-state index in [4.69, 9.17) is 9.15 Å². The Balaban J connectivity index is 1.60. The van der Waals surface area contributed by atoms with E-state index in [9.17, 15) is 9.59 Å². The van der Waals surface area contributed by atoms with Crippen LogP contribution in [0.25, 0.3) is 11.5 Å². The highest BCUT2D eigenvalue weighted by Gasteiger charge is 2.32. The number of carbonyl (C=O) groups excluding carboxylic acids is 2. The number of carbonyl (C=O) groups is 2. The molecule has 2 aromatic rings. The van der Waals surface area contributed by atoms with Crippen molar-refractivity contribution < 1.29 is 18.7 Å². The van der Waals surface area contributed by atoms with E-state index in [1.54, 1.807) is 0 Å². The Morgan fingerprint density at radius 3 is 2.64 bits per heavy atom. The SMILES string of the molecule is CC(=O)N[C@@H](C(=O)OCc1nnc(-c2ccccc2)o1)C1CCCC1. The number of benzene rings is 1. The number of aromatic nitrogens is 2. The fourth-order valence-electron chi connectivity index (χ4n) is 3.11. The summed E-state index contributed by atoms with van der Waals surface area (Å²) < 4.78 is 10.8. The van der Waals surface area contributed by atoms with Crippen LogP contribution < -0.4 is 5.32 Å². The van der Waals surface area contributed by atoms with Crippen molar-refractivity contribution in [3.63, 3.8) is 0 Å². The van der Waals surface area contributed by atoms with Gasteiger partial charge in [-0.2, -0.15) is 0 Å². The number of hydrogen-bond donors (Lipinski definition) is 1. The monoisotopic (exact) mass is 343 g/mol. The zero-order valence-electron chi connectivity index (χ0n) is 14.1. The number of esters is 1. The van der Waals surface area contributed by atoms with Gasteiger partial charge >= 0.3 is 5.97 Å².